The number of carbonyl (C=O) groups is 1. The van der Waals surface area contributed by atoms with E-state index in [1.807, 2.05) is 26.8 Å². The third-order valence-corrected chi connectivity index (χ3v) is 5.53. The van der Waals surface area contributed by atoms with E-state index < -0.39 is 16.8 Å². The van der Waals surface area contributed by atoms with Gasteiger partial charge in [0.1, 0.15) is 5.82 Å². The fourth-order valence-electron chi connectivity index (χ4n) is 3.23. The van der Waals surface area contributed by atoms with Crippen LogP contribution >= 0.6 is 11.6 Å². The number of hydrogen-bond donors (Lipinski definition) is 1. The van der Waals surface area contributed by atoms with E-state index in [0.717, 1.165) is 6.42 Å². The van der Waals surface area contributed by atoms with E-state index in [-0.39, 0.29) is 23.7 Å². The lowest BCUT2D eigenvalue weighted by molar-refractivity contribution is -0.0135. The third kappa shape index (κ3) is 3.39. The molecular formula is C19H22ClN3O3. The maximum absolute atomic E-state index is 12.5. The highest BCUT2D eigenvalue weighted by atomic mass is 35.5. The molecule has 0 unspecified atom stereocenters. The lowest BCUT2D eigenvalue weighted by Gasteiger charge is -2.27. The molecule has 2 heterocycles. The molecule has 0 saturated carbocycles. The van der Waals surface area contributed by atoms with Crippen molar-refractivity contribution in [3.8, 4) is 0 Å². The maximum Gasteiger partial charge on any atom is 0.351 e. The number of amides is 1. The molecule has 1 aromatic heterocycles. The van der Waals surface area contributed by atoms with Crippen LogP contribution < -0.4 is 11.0 Å². The molecule has 0 spiro atoms. The van der Waals surface area contributed by atoms with Crippen molar-refractivity contribution >= 4 is 23.3 Å². The number of nitrogens with one attached hydrogen (secondary N) is 1. The van der Waals surface area contributed by atoms with Gasteiger partial charge in [-0.05, 0) is 31.5 Å². The van der Waals surface area contributed by atoms with Crippen LogP contribution in [0.1, 0.15) is 43.8 Å². The number of hydrogen-bond acceptors (Lipinski definition) is 4. The summed E-state index contributed by atoms with van der Waals surface area (Å²) in [7, 11) is 0. The number of ether oxygens (including phenoxy) is 1. The summed E-state index contributed by atoms with van der Waals surface area (Å²) in [4.78, 5) is 27.9. The average molecular weight is 376 g/mol. The van der Waals surface area contributed by atoms with E-state index >= 15 is 0 Å². The summed E-state index contributed by atoms with van der Waals surface area (Å²) in [6, 6.07) is 10.3. The van der Waals surface area contributed by atoms with Crippen LogP contribution in [-0.4, -0.2) is 26.4 Å². The second kappa shape index (κ2) is 7.21. The highest BCUT2D eigenvalue weighted by Gasteiger charge is 2.50. The number of anilines is 1. The number of rotatable bonds is 4. The summed E-state index contributed by atoms with van der Waals surface area (Å²) in [6.07, 6.45) is 1.74. The zero-order valence-electron chi connectivity index (χ0n) is 15.0. The van der Waals surface area contributed by atoms with Gasteiger partial charge in [-0.25, -0.2) is 4.79 Å². The molecule has 0 radical (unpaired) electrons. The monoisotopic (exact) mass is 375 g/mol. The van der Waals surface area contributed by atoms with Crippen molar-refractivity contribution < 1.29 is 9.53 Å². The van der Waals surface area contributed by atoms with E-state index in [1.54, 1.807) is 36.5 Å². The Morgan fingerprint density at radius 3 is 2.62 bits per heavy atom. The molecule has 6 nitrogen and oxygen atoms in total. The highest BCUT2D eigenvalue weighted by molar-refractivity contribution is 6.24. The summed E-state index contributed by atoms with van der Waals surface area (Å²) in [5, 5.41) is 2.63. The third-order valence-electron chi connectivity index (χ3n) is 5.00. The Balaban J connectivity index is 1.82. The molecule has 26 heavy (non-hydrogen) atoms. The highest BCUT2D eigenvalue weighted by Crippen LogP contribution is 2.47. The summed E-state index contributed by atoms with van der Waals surface area (Å²) in [5.74, 6) is -0.0489. The van der Waals surface area contributed by atoms with Gasteiger partial charge in [0.2, 0.25) is 0 Å². The first-order chi connectivity index (χ1) is 12.3. The topological polar surface area (TPSA) is 73.2 Å². The van der Waals surface area contributed by atoms with Gasteiger partial charge in [0.15, 0.2) is 6.23 Å². The molecule has 138 valence electrons. The predicted molar refractivity (Wildman–Crippen MR) is 101 cm³/mol. The molecule has 1 aromatic carbocycles. The minimum Gasteiger partial charge on any atom is -0.352 e. The van der Waals surface area contributed by atoms with Gasteiger partial charge in [-0.3, -0.25) is 9.36 Å². The van der Waals surface area contributed by atoms with E-state index in [2.05, 4.69) is 10.3 Å². The first kappa shape index (κ1) is 18.6. The zero-order chi connectivity index (χ0) is 18.9. The zero-order valence-corrected chi connectivity index (χ0v) is 15.7. The average Bonchev–Trinajstić information content (AvgIpc) is 2.85. The van der Waals surface area contributed by atoms with Crippen molar-refractivity contribution in [1.82, 2.24) is 9.55 Å². The standard InChI is InChI=1S/C19H22ClN3O3/c1-4-14-12(2)19(3,20)17(26-14)23-11-10-15(22-18(23)25)21-16(24)13-8-6-5-7-9-13/h5-12,14,17H,4H2,1-3H3,(H,21,22,24,25)/t12-,14-,17-,19-/m1/s1. The molecule has 7 heteroatoms. The summed E-state index contributed by atoms with van der Waals surface area (Å²) >= 11 is 6.69. The molecule has 1 aliphatic rings. The largest absolute Gasteiger partial charge is 0.352 e. The number of nitrogens with zero attached hydrogens (tertiary/aromatic N) is 2. The molecule has 2 aromatic rings. The van der Waals surface area contributed by atoms with Crippen molar-refractivity contribution in [2.45, 2.75) is 44.4 Å². The van der Waals surface area contributed by atoms with Crippen LogP contribution in [0.2, 0.25) is 0 Å². The van der Waals surface area contributed by atoms with Crippen molar-refractivity contribution in [2.24, 2.45) is 5.92 Å². The smallest absolute Gasteiger partial charge is 0.351 e. The first-order valence-electron chi connectivity index (χ1n) is 8.64. The molecule has 0 bridgehead atoms. The molecular weight excluding hydrogens is 354 g/mol. The molecule has 1 fully saturated rings. The van der Waals surface area contributed by atoms with E-state index in [9.17, 15) is 9.59 Å². The van der Waals surface area contributed by atoms with Gasteiger partial charge in [0, 0.05) is 17.7 Å². The SMILES string of the molecule is CC[C@H]1O[C@@H](n2ccc(NC(=O)c3ccccc3)nc2=O)[C@](C)(Cl)[C@@H]1C. The van der Waals surface area contributed by atoms with Crippen LogP contribution in [0.3, 0.4) is 0 Å². The summed E-state index contributed by atoms with van der Waals surface area (Å²) in [5.41, 5.74) is -0.0257. The van der Waals surface area contributed by atoms with Gasteiger partial charge in [0.05, 0.1) is 11.0 Å². The van der Waals surface area contributed by atoms with Gasteiger partial charge in [-0.15, -0.1) is 11.6 Å². The second-order valence-electron chi connectivity index (χ2n) is 6.70. The molecule has 1 aliphatic heterocycles. The lowest BCUT2D eigenvalue weighted by atomic mass is 9.90. The molecule has 1 N–H and O–H groups in total. The normalized spacial score (nSPS) is 28.1. The van der Waals surface area contributed by atoms with Gasteiger partial charge in [-0.2, -0.15) is 4.98 Å². The quantitative estimate of drug-likeness (QED) is 0.831. The van der Waals surface area contributed by atoms with Gasteiger partial charge in [-0.1, -0.05) is 32.0 Å². The van der Waals surface area contributed by atoms with E-state index in [4.69, 9.17) is 16.3 Å². The van der Waals surface area contributed by atoms with Crippen molar-refractivity contribution in [1.29, 1.82) is 0 Å². The van der Waals surface area contributed by atoms with Gasteiger partial charge < -0.3 is 10.1 Å². The lowest BCUT2D eigenvalue weighted by Crippen LogP contribution is -2.38. The summed E-state index contributed by atoms with van der Waals surface area (Å²) in [6.45, 7) is 5.92. The fourth-order valence-corrected chi connectivity index (χ4v) is 3.53. The minimum absolute atomic E-state index is 0.0214. The van der Waals surface area contributed by atoms with Crippen LogP contribution in [0, 0.1) is 5.92 Å². The Kier molecular flexibility index (Phi) is 5.16. The Morgan fingerprint density at radius 1 is 1.35 bits per heavy atom. The van der Waals surface area contributed by atoms with Crippen LogP contribution in [0.5, 0.6) is 0 Å². The number of carbonyl (C=O) groups excluding carboxylic acids is 1. The number of benzene rings is 1. The van der Waals surface area contributed by atoms with Gasteiger partial charge >= 0.3 is 5.69 Å². The Bertz CT molecular complexity index is 851. The Labute approximate surface area is 157 Å². The molecule has 4 atom stereocenters. The molecule has 0 aliphatic carbocycles. The van der Waals surface area contributed by atoms with Crippen molar-refractivity contribution in [3.63, 3.8) is 0 Å². The van der Waals surface area contributed by atoms with Crippen LogP contribution in [-0.2, 0) is 4.74 Å². The van der Waals surface area contributed by atoms with Crippen molar-refractivity contribution in [3.05, 3.63) is 58.6 Å². The molecule has 3 rings (SSSR count). The molecule has 1 amide bonds. The van der Waals surface area contributed by atoms with E-state index in [0.29, 0.717) is 5.56 Å². The Morgan fingerprint density at radius 2 is 2.04 bits per heavy atom. The Hall–Kier alpha value is -2.18. The fraction of sp³-hybridized carbons (Fsp3) is 0.421. The van der Waals surface area contributed by atoms with E-state index in [1.165, 1.54) is 4.57 Å². The van der Waals surface area contributed by atoms with Crippen molar-refractivity contribution in [2.75, 3.05) is 5.32 Å². The number of alkyl halides is 1. The van der Waals surface area contributed by atoms with Crippen LogP contribution in [0.25, 0.3) is 0 Å². The molecule has 1 saturated heterocycles. The van der Waals surface area contributed by atoms with Gasteiger partial charge in [0.25, 0.3) is 5.91 Å². The van der Waals surface area contributed by atoms with Crippen LogP contribution in [0.15, 0.2) is 47.4 Å². The number of aromatic nitrogens is 2. The maximum atomic E-state index is 12.5. The first-order valence-corrected chi connectivity index (χ1v) is 9.02. The minimum atomic E-state index is -0.721. The summed E-state index contributed by atoms with van der Waals surface area (Å²) < 4.78 is 7.39. The predicted octanol–water partition coefficient (Wildman–Crippen LogP) is 3.44. The number of halogens is 1. The second-order valence-corrected chi connectivity index (χ2v) is 7.51. The van der Waals surface area contributed by atoms with Crippen LogP contribution in [0.4, 0.5) is 5.82 Å².